The number of hydrogen-bond donors (Lipinski definition) is 1. The topological polar surface area (TPSA) is 29.1 Å². The summed E-state index contributed by atoms with van der Waals surface area (Å²) in [6.07, 6.45) is 3.22. The van der Waals surface area contributed by atoms with E-state index in [1.807, 2.05) is 0 Å². The van der Waals surface area contributed by atoms with Crippen molar-refractivity contribution < 1.29 is 13.6 Å². The van der Waals surface area contributed by atoms with Crippen molar-refractivity contribution in [3.63, 3.8) is 0 Å². The summed E-state index contributed by atoms with van der Waals surface area (Å²) in [4.78, 5) is 12.0. The fourth-order valence-electron chi connectivity index (χ4n) is 2.74. The molecule has 1 aliphatic carbocycles. The first kappa shape index (κ1) is 15.2. The average molecular weight is 302 g/mol. The molecule has 1 fully saturated rings. The highest BCUT2D eigenvalue weighted by atomic mass is 35.5. The largest absolute Gasteiger partial charge is 0.352 e. The van der Waals surface area contributed by atoms with Gasteiger partial charge in [-0.05, 0) is 43.2 Å². The molecule has 1 aliphatic rings. The molecule has 1 saturated carbocycles. The second-order valence-electron chi connectivity index (χ2n) is 5.40. The highest BCUT2D eigenvalue weighted by Gasteiger charge is 2.27. The molecule has 0 radical (unpaired) electrons. The number of carbonyl (C=O) groups is 1. The summed E-state index contributed by atoms with van der Waals surface area (Å²) in [6, 6.07) is 2.00. The third-order valence-electron chi connectivity index (χ3n) is 4.03. The molecule has 1 amide bonds. The summed E-state index contributed by atoms with van der Waals surface area (Å²) in [6.45, 7) is 2.00. The molecular formula is C15H18ClF2NO. The van der Waals surface area contributed by atoms with E-state index in [9.17, 15) is 13.6 Å². The third kappa shape index (κ3) is 3.29. The van der Waals surface area contributed by atoms with Gasteiger partial charge in [0.2, 0.25) is 0 Å². The van der Waals surface area contributed by atoms with Gasteiger partial charge in [0.05, 0.1) is 5.56 Å². The summed E-state index contributed by atoms with van der Waals surface area (Å²) in [5, 5.41) is 2.73. The highest BCUT2D eigenvalue weighted by Crippen LogP contribution is 2.32. The molecule has 1 aromatic carbocycles. The van der Waals surface area contributed by atoms with Crippen molar-refractivity contribution in [3.8, 4) is 0 Å². The lowest BCUT2D eigenvalue weighted by Gasteiger charge is -2.17. The van der Waals surface area contributed by atoms with Crippen LogP contribution in [0.25, 0.3) is 0 Å². The van der Waals surface area contributed by atoms with Crippen molar-refractivity contribution in [2.24, 2.45) is 11.8 Å². The minimum absolute atomic E-state index is 0.107. The molecule has 1 aromatic rings. The summed E-state index contributed by atoms with van der Waals surface area (Å²) < 4.78 is 26.8. The zero-order chi connectivity index (χ0) is 14.7. The van der Waals surface area contributed by atoms with Gasteiger partial charge in [0.15, 0.2) is 0 Å². The minimum atomic E-state index is -0.828. The van der Waals surface area contributed by atoms with Crippen LogP contribution in [0, 0.1) is 30.4 Å². The van der Waals surface area contributed by atoms with Crippen molar-refractivity contribution in [2.75, 3.05) is 12.4 Å². The van der Waals surface area contributed by atoms with Gasteiger partial charge in [0.1, 0.15) is 11.6 Å². The maximum atomic E-state index is 13.6. The van der Waals surface area contributed by atoms with E-state index in [0.29, 0.717) is 24.3 Å². The molecule has 20 heavy (non-hydrogen) atoms. The Kier molecular flexibility index (Phi) is 4.97. The molecule has 0 saturated heterocycles. The smallest absolute Gasteiger partial charge is 0.254 e. The quantitative estimate of drug-likeness (QED) is 0.845. The predicted octanol–water partition coefficient (Wildman–Crippen LogP) is 3.66. The van der Waals surface area contributed by atoms with Gasteiger partial charge in [-0.25, -0.2) is 8.78 Å². The van der Waals surface area contributed by atoms with Crippen molar-refractivity contribution in [3.05, 3.63) is 34.9 Å². The molecule has 0 aliphatic heterocycles. The Labute approximate surface area is 122 Å². The first-order valence-electron chi connectivity index (χ1n) is 6.82. The van der Waals surface area contributed by atoms with Crippen LogP contribution in [0.15, 0.2) is 12.1 Å². The fraction of sp³-hybridized carbons (Fsp3) is 0.533. The van der Waals surface area contributed by atoms with E-state index < -0.39 is 17.5 Å². The predicted molar refractivity (Wildman–Crippen MR) is 75.0 cm³/mol. The summed E-state index contributed by atoms with van der Waals surface area (Å²) >= 11 is 5.88. The van der Waals surface area contributed by atoms with Crippen LogP contribution in [0.2, 0.25) is 0 Å². The van der Waals surface area contributed by atoms with E-state index in [1.165, 1.54) is 13.0 Å². The molecule has 2 unspecified atom stereocenters. The van der Waals surface area contributed by atoms with Crippen molar-refractivity contribution in [1.82, 2.24) is 5.32 Å². The number of aryl methyl sites for hydroxylation is 1. The lowest BCUT2D eigenvalue weighted by Crippen LogP contribution is -2.31. The van der Waals surface area contributed by atoms with Crippen LogP contribution in [-0.4, -0.2) is 18.3 Å². The molecule has 0 heterocycles. The van der Waals surface area contributed by atoms with E-state index >= 15 is 0 Å². The van der Waals surface area contributed by atoms with Crippen LogP contribution in [0.3, 0.4) is 0 Å². The molecule has 2 atom stereocenters. The van der Waals surface area contributed by atoms with Crippen LogP contribution in [0.5, 0.6) is 0 Å². The highest BCUT2D eigenvalue weighted by molar-refractivity contribution is 6.18. The lowest BCUT2D eigenvalue weighted by atomic mass is 9.98. The van der Waals surface area contributed by atoms with Crippen molar-refractivity contribution in [1.29, 1.82) is 0 Å². The normalized spacial score (nSPS) is 22.0. The van der Waals surface area contributed by atoms with Gasteiger partial charge in [0.25, 0.3) is 5.91 Å². The maximum absolute atomic E-state index is 13.6. The minimum Gasteiger partial charge on any atom is -0.352 e. The first-order valence-corrected chi connectivity index (χ1v) is 7.36. The second-order valence-corrected chi connectivity index (χ2v) is 5.71. The third-order valence-corrected chi connectivity index (χ3v) is 4.43. The Morgan fingerprint density at radius 2 is 2.00 bits per heavy atom. The van der Waals surface area contributed by atoms with Gasteiger partial charge in [-0.1, -0.05) is 6.42 Å². The molecule has 2 rings (SSSR count). The van der Waals surface area contributed by atoms with E-state index in [4.69, 9.17) is 11.6 Å². The Balaban J connectivity index is 2.00. The number of rotatable bonds is 4. The molecule has 0 aromatic heterocycles. The number of nitrogens with one attached hydrogen (secondary N) is 1. The zero-order valence-electron chi connectivity index (χ0n) is 11.4. The van der Waals surface area contributed by atoms with Gasteiger partial charge in [-0.15, -0.1) is 11.6 Å². The van der Waals surface area contributed by atoms with Gasteiger partial charge in [-0.2, -0.15) is 0 Å². The van der Waals surface area contributed by atoms with Crippen molar-refractivity contribution >= 4 is 17.5 Å². The standard InChI is InChI=1S/C15H18ClF2NO/c1-9-5-12(14(18)6-13(9)17)15(20)19-8-11-4-2-3-10(11)7-16/h5-6,10-11H,2-4,7-8H2,1H3,(H,19,20). The van der Waals surface area contributed by atoms with Crippen LogP contribution in [0.1, 0.15) is 35.2 Å². The van der Waals surface area contributed by atoms with E-state index in [1.54, 1.807) is 0 Å². The zero-order valence-corrected chi connectivity index (χ0v) is 12.1. The Morgan fingerprint density at radius 1 is 1.30 bits per heavy atom. The summed E-state index contributed by atoms with van der Waals surface area (Å²) in [5.74, 6) is -0.614. The van der Waals surface area contributed by atoms with Gasteiger partial charge in [0, 0.05) is 18.5 Å². The SMILES string of the molecule is Cc1cc(C(=O)NCC2CCCC2CCl)c(F)cc1F. The Bertz CT molecular complexity index is 507. The molecule has 110 valence electrons. The number of benzene rings is 1. The number of alkyl halides is 1. The number of halogens is 3. The number of carbonyl (C=O) groups excluding carboxylic acids is 1. The molecule has 5 heteroatoms. The van der Waals surface area contributed by atoms with Gasteiger partial charge < -0.3 is 5.32 Å². The second kappa shape index (κ2) is 6.53. The molecule has 0 spiro atoms. The lowest BCUT2D eigenvalue weighted by molar-refractivity contribution is 0.0940. The number of amides is 1. The molecular weight excluding hydrogens is 284 g/mol. The van der Waals surface area contributed by atoms with Crippen LogP contribution in [-0.2, 0) is 0 Å². The average Bonchev–Trinajstić information content (AvgIpc) is 2.87. The Hall–Kier alpha value is -1.16. The van der Waals surface area contributed by atoms with Crippen molar-refractivity contribution in [2.45, 2.75) is 26.2 Å². The molecule has 0 bridgehead atoms. The first-order chi connectivity index (χ1) is 9.52. The maximum Gasteiger partial charge on any atom is 0.254 e. The monoisotopic (exact) mass is 301 g/mol. The van der Waals surface area contributed by atoms with E-state index in [-0.39, 0.29) is 11.1 Å². The van der Waals surface area contributed by atoms with Crippen LogP contribution >= 0.6 is 11.6 Å². The van der Waals surface area contributed by atoms with E-state index in [2.05, 4.69) is 5.32 Å². The van der Waals surface area contributed by atoms with E-state index in [0.717, 1.165) is 25.3 Å². The van der Waals surface area contributed by atoms with Gasteiger partial charge in [-0.3, -0.25) is 4.79 Å². The summed E-state index contributed by atoms with van der Waals surface area (Å²) in [7, 11) is 0. The van der Waals surface area contributed by atoms with Gasteiger partial charge >= 0.3 is 0 Å². The van der Waals surface area contributed by atoms with Crippen LogP contribution in [0.4, 0.5) is 8.78 Å². The Morgan fingerprint density at radius 3 is 2.70 bits per heavy atom. The number of hydrogen-bond acceptors (Lipinski definition) is 1. The molecule has 1 N–H and O–H groups in total. The summed E-state index contributed by atoms with van der Waals surface area (Å²) in [5.41, 5.74) is 0.153. The fourth-order valence-corrected chi connectivity index (χ4v) is 3.14. The molecule has 2 nitrogen and oxygen atoms in total. The van der Waals surface area contributed by atoms with Crippen LogP contribution < -0.4 is 5.32 Å².